The summed E-state index contributed by atoms with van der Waals surface area (Å²) in [5.74, 6) is 0. The molecule has 0 saturated carbocycles. The number of rotatable bonds is 6. The van der Waals surface area contributed by atoms with Gasteiger partial charge in [-0.2, -0.15) is 0 Å². The summed E-state index contributed by atoms with van der Waals surface area (Å²) >= 11 is 5.48. The molecule has 0 atom stereocenters. The van der Waals surface area contributed by atoms with Gasteiger partial charge in [0.25, 0.3) is 0 Å². The van der Waals surface area contributed by atoms with E-state index in [0.29, 0.717) is 6.00 Å². The fourth-order valence-electron chi connectivity index (χ4n) is 0.882. The van der Waals surface area contributed by atoms with Crippen molar-refractivity contribution in [1.29, 1.82) is 0 Å². The fourth-order valence-corrected chi connectivity index (χ4v) is 0.976. The smallest absolute Gasteiger partial charge is 0.0715 e. The highest BCUT2D eigenvalue weighted by Gasteiger charge is 1.88. The van der Waals surface area contributed by atoms with Crippen molar-refractivity contribution >= 4 is 11.6 Å². The summed E-state index contributed by atoms with van der Waals surface area (Å²) in [5, 5.41) is 3.06. The van der Waals surface area contributed by atoms with Crippen LogP contribution in [0.3, 0.4) is 0 Å². The fraction of sp³-hybridized carbons (Fsp3) is 0.600. The van der Waals surface area contributed by atoms with Crippen molar-refractivity contribution < 1.29 is 0 Å². The van der Waals surface area contributed by atoms with Crippen LogP contribution in [0.4, 0.5) is 0 Å². The van der Waals surface area contributed by atoms with E-state index in [4.69, 9.17) is 11.6 Å². The molecule has 1 nitrogen and oxygen atoms in total. The number of nitrogens with one attached hydrogen (secondary N) is 1. The van der Waals surface area contributed by atoms with Crippen LogP contribution >= 0.6 is 11.6 Å². The van der Waals surface area contributed by atoms with E-state index in [1.807, 2.05) is 0 Å². The summed E-state index contributed by atoms with van der Waals surface area (Å²) in [6.45, 7) is 8.90. The lowest BCUT2D eigenvalue weighted by Crippen LogP contribution is -2.13. The molecule has 0 aromatic heterocycles. The molecule has 0 aliphatic carbocycles. The van der Waals surface area contributed by atoms with Crippen LogP contribution in [0.15, 0.2) is 23.8 Å². The normalized spacial score (nSPS) is 11.8. The van der Waals surface area contributed by atoms with Gasteiger partial charge in [0.05, 0.1) is 6.00 Å². The van der Waals surface area contributed by atoms with E-state index in [-0.39, 0.29) is 0 Å². The maximum Gasteiger partial charge on any atom is 0.0715 e. The van der Waals surface area contributed by atoms with Gasteiger partial charge in [-0.3, -0.25) is 0 Å². The van der Waals surface area contributed by atoms with E-state index in [9.17, 15) is 0 Å². The Hall–Kier alpha value is -0.270. The SMILES string of the molecule is C=C(C)CCC=C(C)CNCCl. The van der Waals surface area contributed by atoms with Gasteiger partial charge in [0.2, 0.25) is 0 Å². The minimum atomic E-state index is 0.520. The van der Waals surface area contributed by atoms with Crippen molar-refractivity contribution in [2.24, 2.45) is 0 Å². The molecule has 12 heavy (non-hydrogen) atoms. The molecular formula is C10H18ClN. The predicted octanol–water partition coefficient (Wildman–Crippen LogP) is 3.07. The average molecular weight is 188 g/mol. The van der Waals surface area contributed by atoms with Crippen LogP contribution in [0.1, 0.15) is 26.7 Å². The van der Waals surface area contributed by atoms with E-state index in [1.54, 1.807) is 0 Å². The Labute approximate surface area is 80.5 Å². The Morgan fingerprint density at radius 2 is 2.17 bits per heavy atom. The summed E-state index contributed by atoms with van der Waals surface area (Å²) < 4.78 is 0. The van der Waals surface area contributed by atoms with Crippen LogP contribution in [0.25, 0.3) is 0 Å². The molecule has 0 aliphatic heterocycles. The first-order valence-corrected chi connectivity index (χ1v) is 4.77. The van der Waals surface area contributed by atoms with Gasteiger partial charge >= 0.3 is 0 Å². The molecule has 0 unspecified atom stereocenters. The molecule has 0 amide bonds. The van der Waals surface area contributed by atoms with Crippen LogP contribution < -0.4 is 5.32 Å². The van der Waals surface area contributed by atoms with E-state index < -0.39 is 0 Å². The van der Waals surface area contributed by atoms with Gasteiger partial charge in [-0.05, 0) is 26.7 Å². The maximum absolute atomic E-state index is 5.48. The first-order chi connectivity index (χ1) is 5.66. The highest BCUT2D eigenvalue weighted by molar-refractivity contribution is 6.17. The topological polar surface area (TPSA) is 12.0 Å². The molecule has 0 bridgehead atoms. The molecule has 2 heteroatoms. The first kappa shape index (κ1) is 11.7. The molecule has 0 aliphatic rings. The van der Waals surface area contributed by atoms with Crippen LogP contribution in [-0.4, -0.2) is 12.5 Å². The monoisotopic (exact) mass is 187 g/mol. The molecule has 0 heterocycles. The van der Waals surface area contributed by atoms with Crippen LogP contribution in [0.5, 0.6) is 0 Å². The minimum Gasteiger partial charge on any atom is -0.300 e. The molecule has 0 radical (unpaired) electrons. The quantitative estimate of drug-likeness (QED) is 0.383. The lowest BCUT2D eigenvalue weighted by molar-refractivity contribution is 0.840. The maximum atomic E-state index is 5.48. The molecule has 0 saturated heterocycles. The molecule has 0 aromatic rings. The van der Waals surface area contributed by atoms with Crippen molar-refractivity contribution in [2.75, 3.05) is 12.5 Å². The molecule has 0 aromatic carbocycles. The highest BCUT2D eigenvalue weighted by atomic mass is 35.5. The summed E-state index contributed by atoms with van der Waals surface area (Å²) in [7, 11) is 0. The standard InChI is InChI=1S/C10H18ClN/c1-9(2)5-4-6-10(3)7-12-8-11/h6,12H,1,4-5,7-8H2,2-3H3. The third kappa shape index (κ3) is 7.83. The Kier molecular flexibility index (Phi) is 7.22. The van der Waals surface area contributed by atoms with Crippen LogP contribution in [0, 0.1) is 0 Å². The predicted molar refractivity (Wildman–Crippen MR) is 56.5 cm³/mol. The molecule has 70 valence electrons. The molecule has 1 N–H and O–H groups in total. The van der Waals surface area contributed by atoms with Crippen molar-refractivity contribution in [1.82, 2.24) is 5.32 Å². The Bertz CT molecular complexity index is 161. The Balaban J connectivity index is 3.47. The van der Waals surface area contributed by atoms with Crippen molar-refractivity contribution in [3.05, 3.63) is 23.8 Å². The number of allylic oxidation sites excluding steroid dienone is 2. The van der Waals surface area contributed by atoms with Crippen molar-refractivity contribution in [3.63, 3.8) is 0 Å². The van der Waals surface area contributed by atoms with E-state index in [1.165, 1.54) is 11.1 Å². The van der Waals surface area contributed by atoms with Gasteiger partial charge in [0, 0.05) is 6.54 Å². The second-order valence-electron chi connectivity index (χ2n) is 3.11. The van der Waals surface area contributed by atoms with Crippen molar-refractivity contribution in [2.45, 2.75) is 26.7 Å². The molecular weight excluding hydrogens is 170 g/mol. The summed E-state index contributed by atoms with van der Waals surface area (Å²) in [5.41, 5.74) is 2.58. The third-order valence-electron chi connectivity index (χ3n) is 1.56. The van der Waals surface area contributed by atoms with Crippen LogP contribution in [-0.2, 0) is 0 Å². The average Bonchev–Trinajstić information content (AvgIpc) is 2.00. The van der Waals surface area contributed by atoms with Gasteiger partial charge in [-0.15, -0.1) is 18.2 Å². The van der Waals surface area contributed by atoms with Gasteiger partial charge in [-0.25, -0.2) is 0 Å². The Morgan fingerprint density at radius 1 is 1.50 bits per heavy atom. The van der Waals surface area contributed by atoms with E-state index in [2.05, 4.69) is 31.8 Å². The summed E-state index contributed by atoms with van der Waals surface area (Å²) in [4.78, 5) is 0. The largest absolute Gasteiger partial charge is 0.300 e. The summed E-state index contributed by atoms with van der Waals surface area (Å²) in [6.07, 6.45) is 4.40. The number of hydrogen-bond acceptors (Lipinski definition) is 1. The van der Waals surface area contributed by atoms with Gasteiger partial charge in [0.1, 0.15) is 0 Å². The van der Waals surface area contributed by atoms with Gasteiger partial charge < -0.3 is 5.32 Å². The van der Waals surface area contributed by atoms with Gasteiger partial charge in [0.15, 0.2) is 0 Å². The van der Waals surface area contributed by atoms with Crippen LogP contribution in [0.2, 0.25) is 0 Å². The van der Waals surface area contributed by atoms with Crippen molar-refractivity contribution in [3.8, 4) is 0 Å². The lowest BCUT2D eigenvalue weighted by Gasteiger charge is -2.00. The number of halogens is 1. The molecule has 0 rings (SSSR count). The lowest BCUT2D eigenvalue weighted by atomic mass is 10.1. The Morgan fingerprint density at radius 3 is 2.67 bits per heavy atom. The molecule has 0 fully saturated rings. The number of hydrogen-bond donors (Lipinski definition) is 1. The minimum absolute atomic E-state index is 0.520. The van der Waals surface area contributed by atoms with E-state index in [0.717, 1.165) is 19.4 Å². The summed E-state index contributed by atoms with van der Waals surface area (Å²) in [6, 6.07) is 0.520. The number of alkyl halides is 1. The highest BCUT2D eigenvalue weighted by Crippen LogP contribution is 2.03. The zero-order chi connectivity index (χ0) is 9.40. The zero-order valence-corrected chi connectivity index (χ0v) is 8.75. The van der Waals surface area contributed by atoms with E-state index >= 15 is 0 Å². The van der Waals surface area contributed by atoms with Gasteiger partial charge in [-0.1, -0.05) is 17.2 Å². The zero-order valence-electron chi connectivity index (χ0n) is 7.99. The molecule has 0 spiro atoms. The first-order valence-electron chi connectivity index (χ1n) is 4.23. The second kappa shape index (κ2) is 7.38. The third-order valence-corrected chi connectivity index (χ3v) is 1.75. The second-order valence-corrected chi connectivity index (χ2v) is 3.37.